The number of quaternary nitrogens is 1. The molecule has 4 nitrogen and oxygen atoms in total. The Kier molecular flexibility index (Phi) is 5.66. The van der Waals surface area contributed by atoms with Gasteiger partial charge in [-0.3, -0.25) is 4.79 Å². The Morgan fingerprint density at radius 1 is 1.12 bits per heavy atom. The number of nitrogens with one attached hydrogen (secondary N) is 2. The Balaban J connectivity index is 1.52. The summed E-state index contributed by atoms with van der Waals surface area (Å²) in [4.78, 5) is 15.6. The Labute approximate surface area is 148 Å². The Morgan fingerprint density at radius 3 is 2.52 bits per heavy atom. The number of nitrogens with zero attached hydrogens (tertiary/aromatic N) is 1. The summed E-state index contributed by atoms with van der Waals surface area (Å²) >= 11 is 0. The van der Waals surface area contributed by atoms with Crippen molar-refractivity contribution in [1.29, 1.82) is 0 Å². The lowest BCUT2D eigenvalue weighted by atomic mass is 10.1. The van der Waals surface area contributed by atoms with Crippen LogP contribution in [0, 0.1) is 5.82 Å². The second-order valence-electron chi connectivity index (χ2n) is 6.42. The molecule has 25 heavy (non-hydrogen) atoms. The number of carbonyl (C=O) groups excluding carboxylic acids is 1. The largest absolute Gasteiger partial charge is 0.358 e. The molecule has 132 valence electrons. The molecule has 0 saturated carbocycles. The molecule has 0 spiro atoms. The van der Waals surface area contributed by atoms with E-state index in [1.165, 1.54) is 11.0 Å². The standard InChI is InChI=1S/C20H24FN3O/c1-2-16-7-3-5-9-18(16)22-20(25)15-23-11-13-24(14-12-23)19-10-6-4-8-17(19)21/h3-10H,2,11-15H2,1H3,(H,22,25)/p+1. The molecule has 0 radical (unpaired) electrons. The first-order valence-corrected chi connectivity index (χ1v) is 8.88. The minimum Gasteiger partial charge on any atom is -0.358 e. The van der Waals surface area contributed by atoms with Crippen LogP contribution in [0.4, 0.5) is 15.8 Å². The summed E-state index contributed by atoms with van der Waals surface area (Å²) in [7, 11) is 0. The number of aryl methyl sites for hydroxylation is 1. The van der Waals surface area contributed by atoms with Gasteiger partial charge in [0.2, 0.25) is 0 Å². The van der Waals surface area contributed by atoms with Crippen LogP contribution in [-0.4, -0.2) is 38.6 Å². The molecule has 0 aliphatic carbocycles. The van der Waals surface area contributed by atoms with Crippen molar-refractivity contribution in [2.24, 2.45) is 0 Å². The van der Waals surface area contributed by atoms with Gasteiger partial charge in [0.05, 0.1) is 31.9 Å². The fourth-order valence-electron chi connectivity index (χ4n) is 3.32. The first kappa shape index (κ1) is 17.4. The first-order chi connectivity index (χ1) is 12.2. The molecule has 1 aliphatic rings. The molecule has 5 heteroatoms. The topological polar surface area (TPSA) is 36.8 Å². The van der Waals surface area contributed by atoms with Gasteiger partial charge < -0.3 is 15.1 Å². The number of hydrogen-bond donors (Lipinski definition) is 2. The number of para-hydroxylation sites is 2. The third kappa shape index (κ3) is 4.37. The number of carbonyl (C=O) groups is 1. The van der Waals surface area contributed by atoms with Gasteiger partial charge in [-0.2, -0.15) is 0 Å². The molecule has 3 rings (SSSR count). The van der Waals surface area contributed by atoms with E-state index in [-0.39, 0.29) is 11.7 Å². The maximum absolute atomic E-state index is 13.9. The zero-order valence-electron chi connectivity index (χ0n) is 14.6. The van der Waals surface area contributed by atoms with Gasteiger partial charge in [-0.1, -0.05) is 37.3 Å². The van der Waals surface area contributed by atoms with Crippen LogP contribution in [0.15, 0.2) is 48.5 Å². The molecular weight excluding hydrogens is 317 g/mol. The number of halogens is 1. The van der Waals surface area contributed by atoms with Crippen LogP contribution < -0.4 is 15.1 Å². The summed E-state index contributed by atoms with van der Waals surface area (Å²) in [5.74, 6) is -0.143. The summed E-state index contributed by atoms with van der Waals surface area (Å²) in [6, 6.07) is 14.8. The number of rotatable bonds is 5. The van der Waals surface area contributed by atoms with E-state index in [1.54, 1.807) is 6.07 Å². The lowest BCUT2D eigenvalue weighted by molar-refractivity contribution is -0.892. The molecule has 1 heterocycles. The predicted molar refractivity (Wildman–Crippen MR) is 98.6 cm³/mol. The number of piperazine rings is 1. The van der Waals surface area contributed by atoms with Crippen molar-refractivity contribution in [2.45, 2.75) is 13.3 Å². The van der Waals surface area contributed by atoms with E-state index >= 15 is 0 Å². The third-order valence-corrected chi connectivity index (χ3v) is 4.75. The van der Waals surface area contributed by atoms with E-state index in [4.69, 9.17) is 0 Å². The van der Waals surface area contributed by atoms with Crippen molar-refractivity contribution in [3.63, 3.8) is 0 Å². The third-order valence-electron chi connectivity index (χ3n) is 4.75. The summed E-state index contributed by atoms with van der Waals surface area (Å²) in [6.07, 6.45) is 0.893. The molecule has 2 N–H and O–H groups in total. The van der Waals surface area contributed by atoms with Gasteiger partial charge in [-0.25, -0.2) is 4.39 Å². The van der Waals surface area contributed by atoms with Crippen LogP contribution in [-0.2, 0) is 11.2 Å². The van der Waals surface area contributed by atoms with Crippen molar-refractivity contribution in [3.05, 3.63) is 59.9 Å². The molecule has 1 saturated heterocycles. The lowest BCUT2D eigenvalue weighted by Crippen LogP contribution is -3.15. The predicted octanol–water partition coefficient (Wildman–Crippen LogP) is 1.73. The van der Waals surface area contributed by atoms with Crippen LogP contribution in [0.3, 0.4) is 0 Å². The van der Waals surface area contributed by atoms with Crippen molar-refractivity contribution in [1.82, 2.24) is 0 Å². The average Bonchev–Trinajstić information content (AvgIpc) is 2.63. The highest BCUT2D eigenvalue weighted by Gasteiger charge is 2.23. The van der Waals surface area contributed by atoms with Gasteiger partial charge >= 0.3 is 0 Å². The van der Waals surface area contributed by atoms with Gasteiger partial charge in [0.1, 0.15) is 5.82 Å². The number of amides is 1. The fraction of sp³-hybridized carbons (Fsp3) is 0.350. The van der Waals surface area contributed by atoms with Crippen LogP contribution in [0.25, 0.3) is 0 Å². The average molecular weight is 342 g/mol. The SMILES string of the molecule is CCc1ccccc1NC(=O)C[NH+]1CCN(c2ccccc2F)CC1. The molecule has 0 bridgehead atoms. The van der Waals surface area contributed by atoms with Crippen LogP contribution >= 0.6 is 0 Å². The Hall–Kier alpha value is -2.40. The number of anilines is 2. The normalized spacial score (nSPS) is 15.2. The molecule has 0 atom stereocenters. The quantitative estimate of drug-likeness (QED) is 0.868. The highest BCUT2D eigenvalue weighted by atomic mass is 19.1. The Morgan fingerprint density at radius 2 is 1.80 bits per heavy atom. The molecule has 1 amide bonds. The fourth-order valence-corrected chi connectivity index (χ4v) is 3.32. The van der Waals surface area contributed by atoms with Gasteiger partial charge in [-0.05, 0) is 30.2 Å². The highest BCUT2D eigenvalue weighted by Crippen LogP contribution is 2.18. The van der Waals surface area contributed by atoms with E-state index in [0.717, 1.165) is 43.9 Å². The van der Waals surface area contributed by atoms with Gasteiger partial charge in [0.25, 0.3) is 5.91 Å². The summed E-state index contributed by atoms with van der Waals surface area (Å²) in [5.41, 5.74) is 2.71. The lowest BCUT2D eigenvalue weighted by Gasteiger charge is -2.33. The van der Waals surface area contributed by atoms with E-state index in [9.17, 15) is 9.18 Å². The molecular formula is C20H25FN3O+. The molecule has 2 aromatic carbocycles. The highest BCUT2D eigenvalue weighted by molar-refractivity contribution is 5.92. The smallest absolute Gasteiger partial charge is 0.279 e. The van der Waals surface area contributed by atoms with Crippen LogP contribution in [0.2, 0.25) is 0 Å². The molecule has 1 aliphatic heterocycles. The maximum atomic E-state index is 13.9. The zero-order valence-corrected chi connectivity index (χ0v) is 14.6. The Bertz CT molecular complexity index is 726. The van der Waals surface area contributed by atoms with Crippen molar-refractivity contribution in [3.8, 4) is 0 Å². The molecule has 1 fully saturated rings. The van der Waals surface area contributed by atoms with E-state index < -0.39 is 0 Å². The van der Waals surface area contributed by atoms with Gasteiger partial charge in [0.15, 0.2) is 6.54 Å². The van der Waals surface area contributed by atoms with E-state index in [2.05, 4.69) is 17.1 Å². The second-order valence-corrected chi connectivity index (χ2v) is 6.42. The summed E-state index contributed by atoms with van der Waals surface area (Å²) in [5, 5.41) is 3.03. The minimum absolute atomic E-state index is 0.0373. The number of hydrogen-bond acceptors (Lipinski definition) is 2. The van der Waals surface area contributed by atoms with Gasteiger partial charge in [0, 0.05) is 5.69 Å². The summed E-state index contributed by atoms with van der Waals surface area (Å²) in [6.45, 7) is 5.71. The van der Waals surface area contributed by atoms with E-state index in [1.807, 2.05) is 36.4 Å². The first-order valence-electron chi connectivity index (χ1n) is 8.88. The van der Waals surface area contributed by atoms with Crippen molar-refractivity contribution in [2.75, 3.05) is 42.9 Å². The molecule has 2 aromatic rings. The monoisotopic (exact) mass is 342 g/mol. The van der Waals surface area contributed by atoms with Crippen molar-refractivity contribution >= 4 is 17.3 Å². The summed E-state index contributed by atoms with van der Waals surface area (Å²) < 4.78 is 13.9. The van der Waals surface area contributed by atoms with E-state index in [0.29, 0.717) is 12.2 Å². The van der Waals surface area contributed by atoms with Gasteiger partial charge in [-0.15, -0.1) is 0 Å². The zero-order chi connectivity index (χ0) is 17.6. The maximum Gasteiger partial charge on any atom is 0.279 e. The second kappa shape index (κ2) is 8.12. The minimum atomic E-state index is -0.181. The number of benzene rings is 2. The van der Waals surface area contributed by atoms with Crippen molar-refractivity contribution < 1.29 is 14.1 Å². The van der Waals surface area contributed by atoms with Crippen LogP contribution in [0.1, 0.15) is 12.5 Å². The van der Waals surface area contributed by atoms with Crippen LogP contribution in [0.5, 0.6) is 0 Å². The molecule has 0 unspecified atom stereocenters. The molecule has 0 aromatic heterocycles.